The van der Waals surface area contributed by atoms with Gasteiger partial charge in [0.2, 0.25) is 0 Å². The van der Waals surface area contributed by atoms with Crippen LogP contribution in [0.3, 0.4) is 0 Å². The van der Waals surface area contributed by atoms with Crippen LogP contribution in [-0.4, -0.2) is 11.4 Å². The molecule has 0 aromatic heterocycles. The molecular formula is C14H18ClN. The first-order chi connectivity index (χ1) is 7.81. The fourth-order valence-electron chi connectivity index (χ4n) is 2.53. The Morgan fingerprint density at radius 2 is 2.00 bits per heavy atom. The Morgan fingerprint density at radius 3 is 2.75 bits per heavy atom. The summed E-state index contributed by atoms with van der Waals surface area (Å²) in [6, 6.07) is 6.95. The molecule has 16 heavy (non-hydrogen) atoms. The number of benzene rings is 1. The lowest BCUT2D eigenvalue weighted by atomic mass is 10.1. The second kappa shape index (κ2) is 4.05. The molecule has 1 nitrogen and oxygen atoms in total. The van der Waals surface area contributed by atoms with Crippen LogP contribution in [0, 0.1) is 0 Å². The predicted molar refractivity (Wildman–Crippen MR) is 68.0 cm³/mol. The maximum Gasteiger partial charge on any atom is 0.0406 e. The van der Waals surface area contributed by atoms with Gasteiger partial charge >= 0.3 is 0 Å². The molecular weight excluding hydrogens is 218 g/mol. The van der Waals surface area contributed by atoms with E-state index in [1.54, 1.807) is 11.1 Å². The van der Waals surface area contributed by atoms with Gasteiger partial charge < -0.3 is 5.32 Å². The van der Waals surface area contributed by atoms with E-state index < -0.39 is 0 Å². The number of rotatable bonds is 4. The van der Waals surface area contributed by atoms with E-state index >= 15 is 0 Å². The lowest BCUT2D eigenvalue weighted by molar-refractivity contribution is 0.542. The third-order valence-electron chi connectivity index (χ3n) is 3.94. The van der Waals surface area contributed by atoms with Gasteiger partial charge in [-0.3, -0.25) is 0 Å². The van der Waals surface area contributed by atoms with E-state index in [2.05, 4.69) is 23.5 Å². The Kier molecular flexibility index (Phi) is 2.68. The number of nitrogens with one attached hydrogen (secondary N) is 1. The zero-order chi connectivity index (χ0) is 11.0. The molecule has 2 aliphatic carbocycles. The van der Waals surface area contributed by atoms with Crippen LogP contribution in [-0.2, 0) is 19.4 Å². The molecule has 2 heteroatoms. The van der Waals surface area contributed by atoms with Crippen LogP contribution in [0.2, 0.25) is 0 Å². The van der Waals surface area contributed by atoms with Gasteiger partial charge in [-0.15, -0.1) is 11.6 Å². The van der Waals surface area contributed by atoms with Crippen LogP contribution in [0.4, 0.5) is 0 Å². The summed E-state index contributed by atoms with van der Waals surface area (Å²) in [6.07, 6.45) is 6.35. The van der Waals surface area contributed by atoms with Crippen LogP contribution in [0.5, 0.6) is 0 Å². The van der Waals surface area contributed by atoms with Gasteiger partial charge in [-0.1, -0.05) is 18.2 Å². The van der Waals surface area contributed by atoms with Crippen molar-refractivity contribution in [3.05, 3.63) is 34.9 Å². The van der Waals surface area contributed by atoms with Gasteiger partial charge in [0.15, 0.2) is 0 Å². The topological polar surface area (TPSA) is 12.0 Å². The third-order valence-corrected chi connectivity index (χ3v) is 4.45. The fourth-order valence-corrected chi connectivity index (χ4v) is 2.89. The van der Waals surface area contributed by atoms with Crippen molar-refractivity contribution in [1.82, 2.24) is 5.32 Å². The molecule has 0 saturated heterocycles. The number of hydrogen-bond acceptors (Lipinski definition) is 1. The molecule has 0 radical (unpaired) electrons. The number of aryl methyl sites for hydroxylation is 2. The van der Waals surface area contributed by atoms with Crippen LogP contribution in [0.25, 0.3) is 0 Å². The molecule has 1 saturated carbocycles. The SMILES string of the molecule is ClCC1(NCc2ccc3c(c2)CCC3)CC1. The van der Waals surface area contributed by atoms with E-state index in [9.17, 15) is 0 Å². The maximum atomic E-state index is 5.95. The largest absolute Gasteiger partial charge is 0.306 e. The molecule has 2 aliphatic rings. The minimum Gasteiger partial charge on any atom is -0.306 e. The minimum absolute atomic E-state index is 0.264. The molecule has 0 heterocycles. The number of halogens is 1. The Balaban J connectivity index is 1.66. The number of alkyl halides is 1. The van der Waals surface area contributed by atoms with Gasteiger partial charge in [0.1, 0.15) is 0 Å². The van der Waals surface area contributed by atoms with E-state index in [1.807, 2.05) is 0 Å². The second-order valence-electron chi connectivity index (χ2n) is 5.22. The molecule has 1 N–H and O–H groups in total. The predicted octanol–water partition coefficient (Wildman–Crippen LogP) is 3.04. The highest BCUT2D eigenvalue weighted by Crippen LogP contribution is 2.36. The third kappa shape index (κ3) is 1.99. The van der Waals surface area contributed by atoms with Crippen molar-refractivity contribution in [1.29, 1.82) is 0 Å². The molecule has 0 unspecified atom stereocenters. The second-order valence-corrected chi connectivity index (χ2v) is 5.49. The maximum absolute atomic E-state index is 5.95. The zero-order valence-electron chi connectivity index (χ0n) is 9.56. The van der Waals surface area contributed by atoms with Gasteiger partial charge in [0.05, 0.1) is 0 Å². The molecule has 0 aliphatic heterocycles. The summed E-state index contributed by atoms with van der Waals surface area (Å²) in [5.41, 5.74) is 4.80. The summed E-state index contributed by atoms with van der Waals surface area (Å²) in [4.78, 5) is 0. The monoisotopic (exact) mass is 235 g/mol. The molecule has 0 atom stereocenters. The van der Waals surface area contributed by atoms with Gasteiger partial charge in [-0.25, -0.2) is 0 Å². The number of fused-ring (bicyclic) bond motifs is 1. The van der Waals surface area contributed by atoms with E-state index in [0.717, 1.165) is 12.4 Å². The zero-order valence-corrected chi connectivity index (χ0v) is 10.3. The van der Waals surface area contributed by atoms with Crippen molar-refractivity contribution in [3.63, 3.8) is 0 Å². The van der Waals surface area contributed by atoms with Crippen molar-refractivity contribution in [3.8, 4) is 0 Å². The van der Waals surface area contributed by atoms with Gasteiger partial charge in [-0.05, 0) is 48.8 Å². The van der Waals surface area contributed by atoms with Crippen molar-refractivity contribution in [2.24, 2.45) is 0 Å². The molecule has 3 rings (SSSR count). The smallest absolute Gasteiger partial charge is 0.0406 e. The van der Waals surface area contributed by atoms with E-state index in [-0.39, 0.29) is 5.54 Å². The lowest BCUT2D eigenvalue weighted by Crippen LogP contribution is -2.32. The first-order valence-electron chi connectivity index (χ1n) is 6.23. The van der Waals surface area contributed by atoms with Gasteiger partial charge in [-0.2, -0.15) is 0 Å². The molecule has 0 spiro atoms. The van der Waals surface area contributed by atoms with Crippen LogP contribution >= 0.6 is 11.6 Å². The summed E-state index contributed by atoms with van der Waals surface area (Å²) in [5, 5.41) is 3.60. The Bertz CT molecular complexity index is 396. The van der Waals surface area contributed by atoms with Crippen LogP contribution < -0.4 is 5.32 Å². The van der Waals surface area contributed by atoms with E-state index in [4.69, 9.17) is 11.6 Å². The molecule has 1 aromatic carbocycles. The van der Waals surface area contributed by atoms with Crippen molar-refractivity contribution >= 4 is 11.6 Å². The first-order valence-corrected chi connectivity index (χ1v) is 6.76. The summed E-state index contributed by atoms with van der Waals surface area (Å²) in [7, 11) is 0. The van der Waals surface area contributed by atoms with Crippen molar-refractivity contribution in [2.75, 3.05) is 5.88 Å². The summed E-state index contributed by atoms with van der Waals surface area (Å²) < 4.78 is 0. The van der Waals surface area contributed by atoms with Crippen molar-refractivity contribution in [2.45, 2.75) is 44.2 Å². The molecule has 86 valence electrons. The standard InChI is InChI=1S/C14H18ClN/c15-10-14(6-7-14)16-9-11-4-5-12-2-1-3-13(12)8-11/h4-5,8,16H,1-3,6-7,9-10H2. The van der Waals surface area contributed by atoms with Gasteiger partial charge in [0.25, 0.3) is 0 Å². The lowest BCUT2D eigenvalue weighted by Gasteiger charge is -2.14. The summed E-state index contributed by atoms with van der Waals surface area (Å²) in [6.45, 7) is 0.972. The Hall–Kier alpha value is -0.530. The fraction of sp³-hybridized carbons (Fsp3) is 0.571. The highest BCUT2D eigenvalue weighted by Gasteiger charge is 2.40. The van der Waals surface area contributed by atoms with Gasteiger partial charge in [0, 0.05) is 18.0 Å². The van der Waals surface area contributed by atoms with Crippen LogP contribution in [0.1, 0.15) is 36.0 Å². The molecule has 1 aromatic rings. The summed E-state index contributed by atoms with van der Waals surface area (Å²) >= 11 is 5.95. The highest BCUT2D eigenvalue weighted by molar-refractivity contribution is 6.18. The Morgan fingerprint density at radius 1 is 1.19 bits per heavy atom. The normalized spacial score (nSPS) is 20.8. The Labute approximate surface area is 102 Å². The summed E-state index contributed by atoms with van der Waals surface area (Å²) in [5.74, 6) is 0.748. The number of hydrogen-bond donors (Lipinski definition) is 1. The van der Waals surface area contributed by atoms with Crippen LogP contribution in [0.15, 0.2) is 18.2 Å². The first kappa shape index (κ1) is 10.6. The highest BCUT2D eigenvalue weighted by atomic mass is 35.5. The molecule has 1 fully saturated rings. The quantitative estimate of drug-likeness (QED) is 0.792. The van der Waals surface area contributed by atoms with E-state index in [0.29, 0.717) is 0 Å². The average Bonchev–Trinajstić information content (AvgIpc) is 2.96. The van der Waals surface area contributed by atoms with E-state index in [1.165, 1.54) is 37.7 Å². The minimum atomic E-state index is 0.264. The molecule has 0 amide bonds. The molecule has 0 bridgehead atoms. The van der Waals surface area contributed by atoms with Crippen molar-refractivity contribution < 1.29 is 0 Å². The average molecular weight is 236 g/mol.